The van der Waals surface area contributed by atoms with Gasteiger partial charge in [-0.3, -0.25) is 0 Å². The Balaban J connectivity index is 0. The largest absolute Gasteiger partial charge is 0.327 e. The minimum absolute atomic E-state index is 0. The molecule has 1 atom stereocenters. The molecule has 0 aromatic heterocycles. The molecule has 4 nitrogen and oxygen atoms in total. The van der Waals surface area contributed by atoms with Crippen LogP contribution in [-0.4, -0.2) is 12.6 Å². The van der Waals surface area contributed by atoms with E-state index < -0.39 is 0 Å². The van der Waals surface area contributed by atoms with Gasteiger partial charge in [0.15, 0.2) is 0 Å². The van der Waals surface area contributed by atoms with Crippen LogP contribution in [0.15, 0.2) is 5.11 Å². The maximum absolute atomic E-state index is 7.98. The predicted octanol–water partition coefficient (Wildman–Crippen LogP) is 2.09. The molecule has 5 heteroatoms. The monoisotopic (exact) mass is 178 g/mol. The topological polar surface area (TPSA) is 74.8 Å². The molecule has 0 aromatic carbocycles. The number of nitrogens with two attached hydrogens (primary N) is 1. The van der Waals surface area contributed by atoms with E-state index in [0.717, 1.165) is 0 Å². The SMILES string of the molecule is CC(C)(C)C(N)CN=[N+]=[N-].Cl. The molecule has 0 radical (unpaired) electrons. The molecular formula is C6H15ClN4. The Morgan fingerprint density at radius 3 is 2.27 bits per heavy atom. The van der Waals surface area contributed by atoms with Gasteiger partial charge in [0.25, 0.3) is 0 Å². The van der Waals surface area contributed by atoms with Crippen molar-refractivity contribution < 1.29 is 0 Å². The van der Waals surface area contributed by atoms with Crippen molar-refractivity contribution in [3.8, 4) is 0 Å². The molecule has 1 unspecified atom stereocenters. The fraction of sp³-hybridized carbons (Fsp3) is 1.00. The van der Waals surface area contributed by atoms with E-state index >= 15 is 0 Å². The molecule has 0 heterocycles. The highest BCUT2D eigenvalue weighted by Gasteiger charge is 2.18. The van der Waals surface area contributed by atoms with Crippen LogP contribution in [0.4, 0.5) is 0 Å². The highest BCUT2D eigenvalue weighted by atomic mass is 35.5. The molecule has 0 saturated carbocycles. The van der Waals surface area contributed by atoms with Gasteiger partial charge < -0.3 is 5.73 Å². The quantitative estimate of drug-likeness (QED) is 0.393. The zero-order valence-electron chi connectivity index (χ0n) is 7.11. The summed E-state index contributed by atoms with van der Waals surface area (Å²) in [4.78, 5) is 2.63. The number of hydrogen-bond acceptors (Lipinski definition) is 2. The maximum atomic E-state index is 7.98. The van der Waals surface area contributed by atoms with E-state index in [0.29, 0.717) is 6.54 Å². The van der Waals surface area contributed by atoms with Gasteiger partial charge in [-0.15, -0.1) is 12.4 Å². The van der Waals surface area contributed by atoms with Crippen LogP contribution in [-0.2, 0) is 0 Å². The van der Waals surface area contributed by atoms with Gasteiger partial charge >= 0.3 is 0 Å². The molecule has 66 valence electrons. The van der Waals surface area contributed by atoms with Gasteiger partial charge in [-0.25, -0.2) is 0 Å². The molecular weight excluding hydrogens is 164 g/mol. The third kappa shape index (κ3) is 5.98. The van der Waals surface area contributed by atoms with Crippen molar-refractivity contribution in [1.29, 1.82) is 0 Å². The van der Waals surface area contributed by atoms with E-state index in [4.69, 9.17) is 11.3 Å². The lowest BCUT2D eigenvalue weighted by atomic mass is 9.88. The summed E-state index contributed by atoms with van der Waals surface area (Å²) in [5, 5.41) is 3.39. The van der Waals surface area contributed by atoms with Crippen molar-refractivity contribution in [3.05, 3.63) is 10.4 Å². The molecule has 0 amide bonds. The van der Waals surface area contributed by atoms with Crippen LogP contribution in [0.25, 0.3) is 10.4 Å². The number of rotatable bonds is 2. The first-order chi connectivity index (χ1) is 4.48. The molecule has 0 bridgehead atoms. The lowest BCUT2D eigenvalue weighted by Gasteiger charge is -2.25. The fourth-order valence-electron chi connectivity index (χ4n) is 0.398. The van der Waals surface area contributed by atoms with Gasteiger partial charge in [-0.05, 0) is 10.9 Å². The molecule has 2 N–H and O–H groups in total. The second kappa shape index (κ2) is 5.24. The molecule has 0 rings (SSSR count). The summed E-state index contributed by atoms with van der Waals surface area (Å²) in [5.41, 5.74) is 13.7. The van der Waals surface area contributed by atoms with Gasteiger partial charge in [0, 0.05) is 17.5 Å². The van der Waals surface area contributed by atoms with Gasteiger partial charge in [0.2, 0.25) is 0 Å². The van der Waals surface area contributed by atoms with Crippen molar-refractivity contribution in [1.82, 2.24) is 0 Å². The van der Waals surface area contributed by atoms with E-state index in [1.54, 1.807) is 0 Å². The van der Waals surface area contributed by atoms with Gasteiger partial charge in [0.1, 0.15) is 0 Å². The van der Waals surface area contributed by atoms with Crippen LogP contribution < -0.4 is 5.73 Å². The first-order valence-corrected chi connectivity index (χ1v) is 3.25. The zero-order valence-corrected chi connectivity index (χ0v) is 7.93. The Bertz CT molecular complexity index is 145. The fourth-order valence-corrected chi connectivity index (χ4v) is 0.398. The van der Waals surface area contributed by atoms with Crippen LogP contribution in [0, 0.1) is 5.41 Å². The van der Waals surface area contributed by atoms with E-state index in [2.05, 4.69) is 10.0 Å². The van der Waals surface area contributed by atoms with Crippen LogP contribution in [0.2, 0.25) is 0 Å². The van der Waals surface area contributed by atoms with Crippen molar-refractivity contribution in [3.63, 3.8) is 0 Å². The Hall–Kier alpha value is -0.440. The molecule has 0 aliphatic carbocycles. The molecule has 0 aliphatic rings. The van der Waals surface area contributed by atoms with Gasteiger partial charge in [-0.1, -0.05) is 25.9 Å². The molecule has 0 spiro atoms. The third-order valence-corrected chi connectivity index (χ3v) is 1.45. The van der Waals surface area contributed by atoms with Gasteiger partial charge in [0.05, 0.1) is 0 Å². The first-order valence-electron chi connectivity index (χ1n) is 3.25. The average Bonchev–Trinajstić information content (AvgIpc) is 1.80. The number of azide groups is 1. The molecule has 11 heavy (non-hydrogen) atoms. The Morgan fingerprint density at radius 1 is 1.55 bits per heavy atom. The van der Waals surface area contributed by atoms with Crippen LogP contribution >= 0.6 is 12.4 Å². The Kier molecular flexibility index (Phi) is 6.28. The van der Waals surface area contributed by atoms with E-state index in [-0.39, 0.29) is 23.9 Å². The molecule has 0 fully saturated rings. The minimum atomic E-state index is -0.0524. The summed E-state index contributed by atoms with van der Waals surface area (Å²) in [7, 11) is 0. The van der Waals surface area contributed by atoms with Crippen molar-refractivity contribution >= 4 is 12.4 Å². The Labute approximate surface area is 73.2 Å². The summed E-state index contributed by atoms with van der Waals surface area (Å²) < 4.78 is 0. The first kappa shape index (κ1) is 13.2. The Morgan fingerprint density at radius 2 is 2.00 bits per heavy atom. The maximum Gasteiger partial charge on any atom is 0.0414 e. The second-order valence-corrected chi connectivity index (χ2v) is 3.39. The van der Waals surface area contributed by atoms with Crippen LogP contribution in [0.1, 0.15) is 20.8 Å². The van der Waals surface area contributed by atoms with E-state index in [9.17, 15) is 0 Å². The predicted molar refractivity (Wildman–Crippen MR) is 48.7 cm³/mol. The minimum Gasteiger partial charge on any atom is -0.327 e. The summed E-state index contributed by atoms with van der Waals surface area (Å²) in [6.45, 7) is 6.43. The standard InChI is InChI=1S/C6H14N4.ClH/c1-6(2,3)5(7)4-9-10-8;/h5H,4,7H2,1-3H3;1H. The summed E-state index contributed by atoms with van der Waals surface area (Å²) in [6.07, 6.45) is 0. The summed E-state index contributed by atoms with van der Waals surface area (Å²) >= 11 is 0. The lowest BCUT2D eigenvalue weighted by Crippen LogP contribution is -2.37. The zero-order chi connectivity index (χ0) is 8.20. The van der Waals surface area contributed by atoms with Crippen molar-refractivity contribution in [2.45, 2.75) is 26.8 Å². The number of nitrogens with zero attached hydrogens (tertiary/aromatic N) is 3. The van der Waals surface area contributed by atoms with Gasteiger partial charge in [-0.2, -0.15) is 0 Å². The highest BCUT2D eigenvalue weighted by Crippen LogP contribution is 2.16. The van der Waals surface area contributed by atoms with Crippen LogP contribution in [0.5, 0.6) is 0 Å². The summed E-state index contributed by atoms with van der Waals surface area (Å²) in [5.74, 6) is 0. The normalized spacial score (nSPS) is 12.7. The smallest absolute Gasteiger partial charge is 0.0414 e. The van der Waals surface area contributed by atoms with E-state index in [1.165, 1.54) is 0 Å². The van der Waals surface area contributed by atoms with Crippen molar-refractivity contribution in [2.75, 3.05) is 6.54 Å². The summed E-state index contributed by atoms with van der Waals surface area (Å²) in [6, 6.07) is -0.0524. The molecule has 0 saturated heterocycles. The molecule has 0 aliphatic heterocycles. The highest BCUT2D eigenvalue weighted by molar-refractivity contribution is 5.85. The number of hydrogen-bond donors (Lipinski definition) is 1. The molecule has 0 aromatic rings. The number of halogens is 1. The van der Waals surface area contributed by atoms with E-state index in [1.807, 2.05) is 20.8 Å². The average molecular weight is 179 g/mol. The second-order valence-electron chi connectivity index (χ2n) is 3.39. The van der Waals surface area contributed by atoms with Crippen molar-refractivity contribution in [2.24, 2.45) is 16.3 Å². The third-order valence-electron chi connectivity index (χ3n) is 1.45. The lowest BCUT2D eigenvalue weighted by molar-refractivity contribution is 0.326. The van der Waals surface area contributed by atoms with Crippen LogP contribution in [0.3, 0.4) is 0 Å².